The van der Waals surface area contributed by atoms with Crippen LogP contribution >= 0.6 is 0 Å². The highest BCUT2D eigenvalue weighted by atomic mass is 16.5. The van der Waals surface area contributed by atoms with Gasteiger partial charge in [-0.15, -0.1) is 10.2 Å². The minimum Gasteiger partial charge on any atom is -0.383 e. The summed E-state index contributed by atoms with van der Waals surface area (Å²) in [5, 5.41) is 11.1. The molecule has 2 heterocycles. The lowest BCUT2D eigenvalue weighted by atomic mass is 10.5. The normalized spacial score (nSPS) is 11.3. The third kappa shape index (κ3) is 3.14. The fourth-order valence-corrected chi connectivity index (χ4v) is 1.61. The second-order valence-electron chi connectivity index (χ2n) is 4.06. The van der Waals surface area contributed by atoms with Crippen molar-refractivity contribution in [2.24, 2.45) is 0 Å². The summed E-state index contributed by atoms with van der Waals surface area (Å²) < 4.78 is 6.87. The zero-order valence-electron chi connectivity index (χ0n) is 10.7. The molecule has 18 heavy (non-hydrogen) atoms. The molecule has 0 aromatic carbocycles. The maximum Gasteiger partial charge on any atom is 0.203 e. The molecule has 0 unspecified atom stereocenters. The van der Waals surface area contributed by atoms with Gasteiger partial charge in [0.15, 0.2) is 5.82 Å². The second kappa shape index (κ2) is 6.27. The van der Waals surface area contributed by atoms with Crippen molar-refractivity contribution in [3.63, 3.8) is 0 Å². The third-order valence-electron chi connectivity index (χ3n) is 2.68. The molecule has 0 radical (unpaired) electrons. The fraction of sp³-hybridized carbons (Fsp3) is 0.545. The Kier molecular flexibility index (Phi) is 4.43. The average Bonchev–Trinajstić information content (AvgIpc) is 2.85. The Morgan fingerprint density at radius 2 is 2.33 bits per heavy atom. The summed E-state index contributed by atoms with van der Waals surface area (Å²) in [5.74, 6) is 0.759. The molecular formula is C11H18N6O. The van der Waals surface area contributed by atoms with Crippen molar-refractivity contribution in [3.8, 4) is 0 Å². The molecular weight excluding hydrogens is 232 g/mol. The standard InChI is InChI=1S/C11H18N6O/c1-16(7-8-18-2)5-3-12-10-11-15-14-9-17(11)6-4-13-10/h4,6,9H,3,5,7-8H2,1-2H3,(H,12,13). The van der Waals surface area contributed by atoms with Gasteiger partial charge in [0, 0.05) is 39.1 Å². The van der Waals surface area contributed by atoms with E-state index in [1.54, 1.807) is 19.6 Å². The van der Waals surface area contributed by atoms with E-state index in [4.69, 9.17) is 4.74 Å². The molecule has 98 valence electrons. The van der Waals surface area contributed by atoms with Crippen molar-refractivity contribution in [3.05, 3.63) is 18.7 Å². The van der Waals surface area contributed by atoms with E-state index in [-0.39, 0.29) is 0 Å². The van der Waals surface area contributed by atoms with Crippen LogP contribution in [0.15, 0.2) is 18.7 Å². The van der Waals surface area contributed by atoms with Crippen LogP contribution in [0.1, 0.15) is 0 Å². The number of ether oxygens (including phenoxy) is 1. The molecule has 0 aliphatic carbocycles. The molecule has 0 atom stereocenters. The molecule has 2 aromatic rings. The van der Waals surface area contributed by atoms with Gasteiger partial charge in [-0.3, -0.25) is 4.40 Å². The zero-order chi connectivity index (χ0) is 12.8. The fourth-order valence-electron chi connectivity index (χ4n) is 1.61. The number of hydrogen-bond donors (Lipinski definition) is 1. The molecule has 0 bridgehead atoms. The van der Waals surface area contributed by atoms with Crippen LogP contribution in [-0.2, 0) is 4.74 Å². The monoisotopic (exact) mass is 250 g/mol. The molecule has 0 aliphatic heterocycles. The van der Waals surface area contributed by atoms with Crippen LogP contribution in [0.2, 0.25) is 0 Å². The molecule has 0 fully saturated rings. The van der Waals surface area contributed by atoms with Crippen LogP contribution < -0.4 is 5.32 Å². The van der Waals surface area contributed by atoms with Crippen molar-refractivity contribution < 1.29 is 4.74 Å². The Hall–Kier alpha value is -1.73. The van der Waals surface area contributed by atoms with E-state index in [0.29, 0.717) is 0 Å². The first kappa shape index (κ1) is 12.7. The number of methoxy groups -OCH3 is 1. The number of rotatable bonds is 7. The van der Waals surface area contributed by atoms with Crippen LogP contribution in [0, 0.1) is 0 Å². The molecule has 0 amide bonds. The number of nitrogens with one attached hydrogen (secondary N) is 1. The molecule has 1 N–H and O–H groups in total. The summed E-state index contributed by atoms with van der Waals surface area (Å²) in [4.78, 5) is 6.46. The first-order valence-corrected chi connectivity index (χ1v) is 5.87. The van der Waals surface area contributed by atoms with Crippen LogP contribution in [0.4, 0.5) is 5.82 Å². The molecule has 7 heteroatoms. The van der Waals surface area contributed by atoms with Crippen LogP contribution in [0.5, 0.6) is 0 Å². The lowest BCUT2D eigenvalue weighted by Crippen LogP contribution is -2.28. The molecule has 0 saturated carbocycles. The minimum absolute atomic E-state index is 0.745. The summed E-state index contributed by atoms with van der Waals surface area (Å²) in [6.45, 7) is 3.38. The van der Waals surface area contributed by atoms with E-state index in [1.807, 2.05) is 10.6 Å². The van der Waals surface area contributed by atoms with Crippen LogP contribution in [0.3, 0.4) is 0 Å². The first-order chi connectivity index (χ1) is 8.81. The number of nitrogens with zero attached hydrogens (tertiary/aromatic N) is 5. The Balaban J connectivity index is 1.85. The number of likely N-dealkylation sites (N-methyl/N-ethyl adjacent to an activating group) is 1. The smallest absolute Gasteiger partial charge is 0.203 e. The number of aromatic nitrogens is 4. The van der Waals surface area contributed by atoms with Crippen molar-refractivity contribution in [1.29, 1.82) is 0 Å². The molecule has 2 rings (SSSR count). The van der Waals surface area contributed by atoms with Gasteiger partial charge in [0.05, 0.1) is 6.61 Å². The number of anilines is 1. The highest BCUT2D eigenvalue weighted by Gasteiger charge is 2.04. The SMILES string of the molecule is COCCN(C)CCNc1nccn2cnnc12. The highest BCUT2D eigenvalue weighted by molar-refractivity contribution is 5.61. The number of hydrogen-bond acceptors (Lipinski definition) is 6. The van der Waals surface area contributed by atoms with E-state index >= 15 is 0 Å². The topological polar surface area (TPSA) is 67.6 Å². The van der Waals surface area contributed by atoms with Crippen LogP contribution in [-0.4, -0.2) is 64.9 Å². The summed E-state index contributed by atoms with van der Waals surface area (Å²) >= 11 is 0. The molecule has 0 aliphatic rings. The summed E-state index contributed by atoms with van der Waals surface area (Å²) in [7, 11) is 3.77. The second-order valence-corrected chi connectivity index (χ2v) is 4.06. The summed E-state index contributed by atoms with van der Waals surface area (Å²) in [6, 6.07) is 0. The van der Waals surface area contributed by atoms with Crippen molar-refractivity contribution in [2.45, 2.75) is 0 Å². The first-order valence-electron chi connectivity index (χ1n) is 5.87. The highest BCUT2D eigenvalue weighted by Crippen LogP contribution is 2.08. The quantitative estimate of drug-likeness (QED) is 0.752. The molecule has 0 spiro atoms. The van der Waals surface area contributed by atoms with Crippen molar-refractivity contribution >= 4 is 11.5 Å². The van der Waals surface area contributed by atoms with Gasteiger partial charge in [0.25, 0.3) is 0 Å². The van der Waals surface area contributed by atoms with Gasteiger partial charge in [0.1, 0.15) is 6.33 Å². The number of fused-ring (bicyclic) bond motifs is 1. The van der Waals surface area contributed by atoms with E-state index in [9.17, 15) is 0 Å². The van der Waals surface area contributed by atoms with E-state index in [0.717, 1.165) is 37.7 Å². The lowest BCUT2D eigenvalue weighted by Gasteiger charge is -2.16. The molecule has 7 nitrogen and oxygen atoms in total. The van der Waals surface area contributed by atoms with Gasteiger partial charge in [-0.2, -0.15) is 0 Å². The minimum atomic E-state index is 0.745. The van der Waals surface area contributed by atoms with Gasteiger partial charge >= 0.3 is 0 Å². The lowest BCUT2D eigenvalue weighted by molar-refractivity contribution is 0.163. The Bertz CT molecular complexity index is 485. The Labute approximate surface area is 106 Å². The maximum atomic E-state index is 5.03. The zero-order valence-corrected chi connectivity index (χ0v) is 10.7. The molecule has 0 saturated heterocycles. The van der Waals surface area contributed by atoms with Gasteiger partial charge < -0.3 is 15.0 Å². The van der Waals surface area contributed by atoms with E-state index in [1.165, 1.54) is 0 Å². The van der Waals surface area contributed by atoms with E-state index < -0.39 is 0 Å². The summed E-state index contributed by atoms with van der Waals surface area (Å²) in [6.07, 6.45) is 5.21. The Morgan fingerprint density at radius 3 is 3.17 bits per heavy atom. The van der Waals surface area contributed by atoms with E-state index in [2.05, 4.69) is 32.4 Å². The average molecular weight is 250 g/mol. The van der Waals surface area contributed by atoms with Crippen molar-refractivity contribution in [2.75, 3.05) is 45.7 Å². The predicted octanol–water partition coefficient (Wildman–Crippen LogP) is 0.114. The Morgan fingerprint density at radius 1 is 1.44 bits per heavy atom. The van der Waals surface area contributed by atoms with Gasteiger partial charge in [-0.1, -0.05) is 0 Å². The van der Waals surface area contributed by atoms with Gasteiger partial charge in [-0.05, 0) is 7.05 Å². The van der Waals surface area contributed by atoms with Gasteiger partial charge in [0.2, 0.25) is 5.65 Å². The third-order valence-corrected chi connectivity index (χ3v) is 2.68. The van der Waals surface area contributed by atoms with Crippen LogP contribution in [0.25, 0.3) is 5.65 Å². The maximum absolute atomic E-state index is 5.03. The largest absolute Gasteiger partial charge is 0.383 e. The predicted molar refractivity (Wildman–Crippen MR) is 68.6 cm³/mol. The molecule has 2 aromatic heterocycles. The summed E-state index contributed by atoms with van der Waals surface area (Å²) in [5.41, 5.74) is 0.747. The van der Waals surface area contributed by atoms with Gasteiger partial charge in [-0.25, -0.2) is 4.98 Å². The van der Waals surface area contributed by atoms with Crippen molar-refractivity contribution in [1.82, 2.24) is 24.5 Å².